The molecule has 0 aromatic heterocycles. The molecular weight excluding hydrogens is 204 g/mol. The van der Waals surface area contributed by atoms with E-state index >= 15 is 0 Å². The van der Waals surface area contributed by atoms with E-state index in [4.69, 9.17) is 20.4 Å². The highest BCUT2D eigenvalue weighted by Gasteiger charge is 2.18. The number of benzene rings is 1. The van der Waals surface area contributed by atoms with Gasteiger partial charge in [-0.05, 0) is 6.07 Å². The number of carbonyl (C=O) groups is 1. The minimum atomic E-state index is -1.67. The van der Waals surface area contributed by atoms with E-state index in [9.17, 15) is 9.90 Å². The van der Waals surface area contributed by atoms with E-state index in [-0.39, 0.29) is 12.0 Å². The lowest BCUT2D eigenvalue weighted by molar-refractivity contribution is -0.146. The van der Waals surface area contributed by atoms with Gasteiger partial charge in [0.25, 0.3) is 0 Å². The van der Waals surface area contributed by atoms with Crippen LogP contribution in [0.2, 0.25) is 0 Å². The zero-order valence-corrected chi connectivity index (χ0v) is 7.58. The van der Waals surface area contributed by atoms with E-state index in [1.54, 1.807) is 0 Å². The van der Waals surface area contributed by atoms with Crippen molar-refractivity contribution in [1.29, 1.82) is 0 Å². The van der Waals surface area contributed by atoms with E-state index in [1.165, 1.54) is 6.07 Å². The van der Waals surface area contributed by atoms with Crippen molar-refractivity contribution in [3.05, 3.63) is 17.7 Å². The second kappa shape index (κ2) is 4.05. The van der Waals surface area contributed by atoms with Crippen LogP contribution in [-0.2, 0) is 11.2 Å². The lowest BCUT2D eigenvalue weighted by atomic mass is 10.1. The van der Waals surface area contributed by atoms with Crippen LogP contribution >= 0.6 is 0 Å². The number of aromatic hydroxyl groups is 3. The maximum absolute atomic E-state index is 10.3. The van der Waals surface area contributed by atoms with Crippen LogP contribution in [0.1, 0.15) is 5.56 Å². The fourth-order valence-electron chi connectivity index (χ4n) is 1.07. The average Bonchev–Trinajstić information content (AvgIpc) is 2.18. The summed E-state index contributed by atoms with van der Waals surface area (Å²) < 4.78 is 0. The Balaban J connectivity index is 2.97. The Bertz CT molecular complexity index is 386. The van der Waals surface area contributed by atoms with E-state index in [1.807, 2.05) is 0 Å². The first kappa shape index (κ1) is 11.1. The summed E-state index contributed by atoms with van der Waals surface area (Å²) in [4.78, 5) is 10.3. The van der Waals surface area contributed by atoms with E-state index in [0.29, 0.717) is 0 Å². The largest absolute Gasteiger partial charge is 0.504 e. The van der Waals surface area contributed by atoms with Crippen LogP contribution in [0.15, 0.2) is 12.1 Å². The minimum absolute atomic E-state index is 0.0419. The fraction of sp³-hybridized carbons (Fsp3) is 0.222. The summed E-state index contributed by atoms with van der Waals surface area (Å²) in [6, 6.07) is 2.31. The summed E-state index contributed by atoms with van der Waals surface area (Å²) in [6.07, 6.45) is -2.02. The van der Waals surface area contributed by atoms with Gasteiger partial charge in [0.05, 0.1) is 0 Å². The molecule has 0 bridgehead atoms. The molecule has 15 heavy (non-hydrogen) atoms. The molecule has 0 amide bonds. The molecule has 1 atom stereocenters. The molecule has 1 aromatic carbocycles. The zero-order valence-electron chi connectivity index (χ0n) is 7.58. The molecule has 0 radical (unpaired) electrons. The molecule has 0 aliphatic rings. The topological polar surface area (TPSA) is 118 Å². The van der Waals surface area contributed by atoms with Gasteiger partial charge in [-0.1, -0.05) is 6.07 Å². The van der Waals surface area contributed by atoms with Crippen LogP contribution in [0.3, 0.4) is 0 Å². The summed E-state index contributed by atoms with van der Waals surface area (Å²) >= 11 is 0. The summed E-state index contributed by atoms with van der Waals surface area (Å²) in [7, 11) is 0. The molecule has 1 rings (SSSR count). The Morgan fingerprint density at radius 3 is 2.33 bits per heavy atom. The maximum Gasteiger partial charge on any atom is 0.332 e. The van der Waals surface area contributed by atoms with Crippen LogP contribution in [0.5, 0.6) is 17.2 Å². The standard InChI is InChI=1S/C9H10O6/c10-5-2-1-4(7(12)8(5)13)3-6(11)9(14)15/h1-2,6,10-13H,3H2,(H,14,15). The SMILES string of the molecule is O=C(O)C(O)Cc1ccc(O)c(O)c1O. The van der Waals surface area contributed by atoms with Crippen LogP contribution in [0.25, 0.3) is 0 Å². The van der Waals surface area contributed by atoms with Gasteiger partial charge in [-0.2, -0.15) is 0 Å². The van der Waals surface area contributed by atoms with Crippen molar-refractivity contribution in [1.82, 2.24) is 0 Å². The third-order valence-corrected chi connectivity index (χ3v) is 1.91. The van der Waals surface area contributed by atoms with Gasteiger partial charge in [0, 0.05) is 12.0 Å². The van der Waals surface area contributed by atoms with Crippen molar-refractivity contribution < 1.29 is 30.3 Å². The number of aliphatic hydroxyl groups is 1. The molecule has 0 spiro atoms. The number of carboxylic acids is 1. The zero-order chi connectivity index (χ0) is 11.6. The lowest BCUT2D eigenvalue weighted by Crippen LogP contribution is -2.21. The van der Waals surface area contributed by atoms with Gasteiger partial charge in [0.1, 0.15) is 0 Å². The van der Waals surface area contributed by atoms with Gasteiger partial charge in [0.2, 0.25) is 5.75 Å². The Morgan fingerprint density at radius 1 is 1.20 bits per heavy atom. The number of aliphatic carboxylic acids is 1. The molecule has 1 aromatic rings. The number of aliphatic hydroxyl groups excluding tert-OH is 1. The molecule has 82 valence electrons. The molecule has 0 aliphatic carbocycles. The van der Waals surface area contributed by atoms with Gasteiger partial charge in [-0.25, -0.2) is 4.79 Å². The third-order valence-electron chi connectivity index (χ3n) is 1.91. The summed E-state index contributed by atoms with van der Waals surface area (Å²) in [5.41, 5.74) is 0.0419. The van der Waals surface area contributed by atoms with Crippen molar-refractivity contribution >= 4 is 5.97 Å². The summed E-state index contributed by atoms with van der Waals surface area (Å²) in [6.45, 7) is 0. The highest BCUT2D eigenvalue weighted by molar-refractivity contribution is 5.72. The third kappa shape index (κ3) is 2.29. The van der Waals surface area contributed by atoms with Crippen LogP contribution in [-0.4, -0.2) is 37.6 Å². The number of phenols is 3. The Kier molecular flexibility index (Phi) is 3.01. The van der Waals surface area contributed by atoms with Crippen LogP contribution in [0, 0.1) is 0 Å². The predicted molar refractivity (Wildman–Crippen MR) is 48.8 cm³/mol. The molecule has 5 N–H and O–H groups in total. The molecule has 0 aliphatic heterocycles. The Hall–Kier alpha value is -1.95. The minimum Gasteiger partial charge on any atom is -0.504 e. The molecule has 0 heterocycles. The number of rotatable bonds is 3. The van der Waals surface area contributed by atoms with E-state index in [2.05, 4.69) is 0 Å². The molecule has 0 saturated heterocycles. The van der Waals surface area contributed by atoms with Crippen molar-refractivity contribution in [3.63, 3.8) is 0 Å². The summed E-state index contributed by atoms with van der Waals surface area (Å²) in [5.74, 6) is -3.30. The summed E-state index contributed by atoms with van der Waals surface area (Å²) in [5, 5.41) is 44.8. The Labute approximate surface area is 84.7 Å². The second-order valence-corrected chi connectivity index (χ2v) is 3.00. The molecule has 0 fully saturated rings. The van der Waals surface area contributed by atoms with Crippen LogP contribution < -0.4 is 0 Å². The fourth-order valence-corrected chi connectivity index (χ4v) is 1.07. The van der Waals surface area contributed by atoms with Gasteiger partial charge in [0.15, 0.2) is 17.6 Å². The van der Waals surface area contributed by atoms with E-state index < -0.39 is 29.3 Å². The number of carboxylic acid groups (broad SMARTS) is 1. The van der Waals surface area contributed by atoms with Gasteiger partial charge in [-0.3, -0.25) is 0 Å². The van der Waals surface area contributed by atoms with Crippen LogP contribution in [0.4, 0.5) is 0 Å². The molecule has 6 heteroatoms. The predicted octanol–water partition coefficient (Wildman–Crippen LogP) is -0.209. The van der Waals surface area contributed by atoms with E-state index in [0.717, 1.165) is 6.07 Å². The smallest absolute Gasteiger partial charge is 0.332 e. The van der Waals surface area contributed by atoms with Crippen molar-refractivity contribution in [2.45, 2.75) is 12.5 Å². The van der Waals surface area contributed by atoms with Crippen molar-refractivity contribution in [2.75, 3.05) is 0 Å². The molecule has 1 unspecified atom stereocenters. The first-order chi connectivity index (χ1) is 6.93. The molecular formula is C9H10O6. The average molecular weight is 214 g/mol. The first-order valence-corrected chi connectivity index (χ1v) is 4.07. The van der Waals surface area contributed by atoms with Crippen molar-refractivity contribution in [3.8, 4) is 17.2 Å². The Morgan fingerprint density at radius 2 is 1.80 bits per heavy atom. The second-order valence-electron chi connectivity index (χ2n) is 3.00. The normalized spacial score (nSPS) is 12.3. The van der Waals surface area contributed by atoms with Gasteiger partial charge >= 0.3 is 5.97 Å². The lowest BCUT2D eigenvalue weighted by Gasteiger charge is -2.09. The van der Waals surface area contributed by atoms with Gasteiger partial charge < -0.3 is 25.5 Å². The highest BCUT2D eigenvalue weighted by Crippen LogP contribution is 2.37. The highest BCUT2D eigenvalue weighted by atomic mass is 16.4. The number of phenolic OH excluding ortho intramolecular Hbond substituents is 3. The number of hydrogen-bond donors (Lipinski definition) is 5. The molecule has 6 nitrogen and oxygen atoms in total. The quantitative estimate of drug-likeness (QED) is 0.444. The molecule has 0 saturated carbocycles. The first-order valence-electron chi connectivity index (χ1n) is 4.07. The van der Waals surface area contributed by atoms with Crippen molar-refractivity contribution in [2.24, 2.45) is 0 Å². The monoisotopic (exact) mass is 214 g/mol. The number of hydrogen-bond acceptors (Lipinski definition) is 5. The van der Waals surface area contributed by atoms with Gasteiger partial charge in [-0.15, -0.1) is 0 Å². The maximum atomic E-state index is 10.3.